The van der Waals surface area contributed by atoms with Gasteiger partial charge in [-0.15, -0.1) is 0 Å². The molecule has 2 aromatic rings. The van der Waals surface area contributed by atoms with Crippen LogP contribution in [0.2, 0.25) is 0 Å². The van der Waals surface area contributed by atoms with E-state index >= 15 is 0 Å². The summed E-state index contributed by atoms with van der Waals surface area (Å²) in [5.41, 5.74) is 3.45. The Hall–Kier alpha value is -1.42. The van der Waals surface area contributed by atoms with E-state index in [0.717, 1.165) is 46.3 Å². The van der Waals surface area contributed by atoms with Gasteiger partial charge in [0.2, 0.25) is 5.88 Å². The highest BCUT2D eigenvalue weighted by Crippen LogP contribution is 2.31. The van der Waals surface area contributed by atoms with Crippen molar-refractivity contribution in [2.24, 2.45) is 0 Å². The minimum Gasteiger partial charge on any atom is -0.439 e. The summed E-state index contributed by atoms with van der Waals surface area (Å²) in [6.07, 6.45) is 4.78. The number of rotatable bonds is 2. The summed E-state index contributed by atoms with van der Waals surface area (Å²) in [5.74, 6) is 1.53. The lowest BCUT2D eigenvalue weighted by Crippen LogP contribution is -1.96. The summed E-state index contributed by atoms with van der Waals surface area (Å²) < 4.78 is 6.97. The lowest BCUT2D eigenvalue weighted by molar-refractivity contribution is 0.455. The van der Waals surface area contributed by atoms with E-state index in [2.05, 4.69) is 25.9 Å². The lowest BCUT2D eigenvalue weighted by atomic mass is 10.2. The summed E-state index contributed by atoms with van der Waals surface area (Å²) in [6.45, 7) is 2.04. The van der Waals surface area contributed by atoms with Crippen molar-refractivity contribution < 1.29 is 4.74 Å². The van der Waals surface area contributed by atoms with Gasteiger partial charge in [-0.1, -0.05) is 15.9 Å². The number of aryl methyl sites for hydroxylation is 2. The van der Waals surface area contributed by atoms with Gasteiger partial charge in [0.25, 0.3) is 0 Å². The molecular formula is C14H13BrN2O. The highest BCUT2D eigenvalue weighted by Gasteiger charge is 2.18. The van der Waals surface area contributed by atoms with Crippen LogP contribution in [0, 0.1) is 6.92 Å². The molecule has 1 aliphatic carbocycles. The first-order valence-corrected chi connectivity index (χ1v) is 6.80. The molecule has 0 atom stereocenters. The van der Waals surface area contributed by atoms with Crippen molar-refractivity contribution in [3.05, 3.63) is 45.8 Å². The number of aromatic nitrogens is 2. The standard InChI is InChI=1S/C14H13BrN2O/c1-9-7-10(5-6-12(9)15)18-14-11-3-2-4-13(11)16-8-17-14/h5-8H,2-4H2,1H3. The molecular weight excluding hydrogens is 292 g/mol. The van der Waals surface area contributed by atoms with Crippen molar-refractivity contribution in [3.8, 4) is 11.6 Å². The zero-order chi connectivity index (χ0) is 12.5. The number of hydrogen-bond donors (Lipinski definition) is 0. The normalized spacial score (nSPS) is 13.4. The predicted molar refractivity (Wildman–Crippen MR) is 73.0 cm³/mol. The van der Waals surface area contributed by atoms with Crippen molar-refractivity contribution in [2.75, 3.05) is 0 Å². The summed E-state index contributed by atoms with van der Waals surface area (Å²) in [4.78, 5) is 8.55. The van der Waals surface area contributed by atoms with Crippen LogP contribution in [0.4, 0.5) is 0 Å². The van der Waals surface area contributed by atoms with E-state index in [-0.39, 0.29) is 0 Å². The van der Waals surface area contributed by atoms with E-state index in [1.165, 1.54) is 0 Å². The summed E-state index contributed by atoms with van der Waals surface area (Å²) in [6, 6.07) is 5.94. The van der Waals surface area contributed by atoms with Gasteiger partial charge in [0.05, 0.1) is 5.69 Å². The number of hydrogen-bond acceptors (Lipinski definition) is 3. The SMILES string of the molecule is Cc1cc(Oc2ncnc3c2CCC3)ccc1Br. The molecule has 1 aromatic heterocycles. The van der Waals surface area contributed by atoms with Gasteiger partial charge in [0.15, 0.2) is 0 Å². The Morgan fingerprint density at radius 3 is 2.94 bits per heavy atom. The molecule has 4 heteroatoms. The van der Waals surface area contributed by atoms with Crippen LogP contribution in [0.3, 0.4) is 0 Å². The molecule has 3 rings (SSSR count). The molecule has 1 aliphatic rings. The highest BCUT2D eigenvalue weighted by molar-refractivity contribution is 9.10. The molecule has 0 saturated carbocycles. The Balaban J connectivity index is 1.93. The molecule has 0 N–H and O–H groups in total. The maximum Gasteiger partial charge on any atom is 0.225 e. The van der Waals surface area contributed by atoms with E-state index in [4.69, 9.17) is 4.74 Å². The zero-order valence-electron chi connectivity index (χ0n) is 10.1. The van der Waals surface area contributed by atoms with Crippen molar-refractivity contribution in [1.82, 2.24) is 9.97 Å². The van der Waals surface area contributed by atoms with Crippen molar-refractivity contribution in [3.63, 3.8) is 0 Å². The monoisotopic (exact) mass is 304 g/mol. The summed E-state index contributed by atoms with van der Waals surface area (Å²) >= 11 is 3.48. The van der Waals surface area contributed by atoms with Crippen LogP contribution in [0.25, 0.3) is 0 Å². The number of fused-ring (bicyclic) bond motifs is 1. The largest absolute Gasteiger partial charge is 0.439 e. The Morgan fingerprint density at radius 1 is 1.22 bits per heavy atom. The van der Waals surface area contributed by atoms with E-state index < -0.39 is 0 Å². The van der Waals surface area contributed by atoms with Gasteiger partial charge in [-0.25, -0.2) is 9.97 Å². The first kappa shape index (κ1) is 11.7. The van der Waals surface area contributed by atoms with Gasteiger partial charge in [-0.2, -0.15) is 0 Å². The molecule has 0 saturated heterocycles. The Morgan fingerprint density at radius 2 is 2.11 bits per heavy atom. The predicted octanol–water partition coefficient (Wildman–Crippen LogP) is 3.83. The van der Waals surface area contributed by atoms with E-state index in [1.807, 2.05) is 25.1 Å². The first-order chi connectivity index (χ1) is 8.74. The average Bonchev–Trinajstić information content (AvgIpc) is 2.83. The molecule has 1 heterocycles. The second-order valence-corrected chi connectivity index (χ2v) is 5.33. The van der Waals surface area contributed by atoms with Crippen LogP contribution in [0.15, 0.2) is 29.0 Å². The topological polar surface area (TPSA) is 35.0 Å². The minimum atomic E-state index is 0.708. The molecule has 0 radical (unpaired) electrons. The number of nitrogens with zero attached hydrogens (tertiary/aromatic N) is 2. The summed E-state index contributed by atoms with van der Waals surface area (Å²) in [5, 5.41) is 0. The third-order valence-electron chi connectivity index (χ3n) is 3.18. The second kappa shape index (κ2) is 4.69. The highest BCUT2D eigenvalue weighted by atomic mass is 79.9. The van der Waals surface area contributed by atoms with Crippen LogP contribution in [0.1, 0.15) is 23.2 Å². The van der Waals surface area contributed by atoms with E-state index in [0.29, 0.717) is 5.88 Å². The molecule has 0 fully saturated rings. The molecule has 0 amide bonds. The Bertz CT molecular complexity index is 598. The quantitative estimate of drug-likeness (QED) is 0.846. The second-order valence-electron chi connectivity index (χ2n) is 4.47. The van der Waals surface area contributed by atoms with Crippen LogP contribution >= 0.6 is 15.9 Å². The molecule has 0 aliphatic heterocycles. The average molecular weight is 305 g/mol. The molecule has 18 heavy (non-hydrogen) atoms. The van der Waals surface area contributed by atoms with Crippen molar-refractivity contribution in [2.45, 2.75) is 26.2 Å². The van der Waals surface area contributed by atoms with Crippen LogP contribution < -0.4 is 4.74 Å². The summed E-state index contributed by atoms with van der Waals surface area (Å²) in [7, 11) is 0. The van der Waals surface area contributed by atoms with Crippen LogP contribution in [-0.4, -0.2) is 9.97 Å². The van der Waals surface area contributed by atoms with E-state index in [1.54, 1.807) is 6.33 Å². The fourth-order valence-corrected chi connectivity index (χ4v) is 2.46. The van der Waals surface area contributed by atoms with Crippen LogP contribution in [0.5, 0.6) is 11.6 Å². The molecule has 3 nitrogen and oxygen atoms in total. The van der Waals surface area contributed by atoms with Crippen molar-refractivity contribution >= 4 is 15.9 Å². The molecule has 1 aromatic carbocycles. The van der Waals surface area contributed by atoms with E-state index in [9.17, 15) is 0 Å². The van der Waals surface area contributed by atoms with Gasteiger partial charge >= 0.3 is 0 Å². The smallest absolute Gasteiger partial charge is 0.225 e. The third-order valence-corrected chi connectivity index (χ3v) is 4.07. The molecule has 0 unspecified atom stereocenters. The fourth-order valence-electron chi connectivity index (χ4n) is 2.21. The number of benzene rings is 1. The van der Waals surface area contributed by atoms with Gasteiger partial charge < -0.3 is 4.74 Å². The molecule has 0 bridgehead atoms. The van der Waals surface area contributed by atoms with Gasteiger partial charge in [0, 0.05) is 10.0 Å². The minimum absolute atomic E-state index is 0.708. The van der Waals surface area contributed by atoms with Gasteiger partial charge in [0.1, 0.15) is 12.1 Å². The third kappa shape index (κ3) is 2.12. The Labute approximate surface area is 114 Å². The maximum atomic E-state index is 5.89. The van der Waals surface area contributed by atoms with Gasteiger partial charge in [-0.05, 0) is 49.9 Å². The Kier molecular flexibility index (Phi) is 3.04. The molecule has 0 spiro atoms. The van der Waals surface area contributed by atoms with Crippen molar-refractivity contribution in [1.29, 1.82) is 0 Å². The first-order valence-electron chi connectivity index (χ1n) is 6.01. The molecule has 92 valence electrons. The lowest BCUT2D eigenvalue weighted by Gasteiger charge is -2.09. The maximum absolute atomic E-state index is 5.89. The zero-order valence-corrected chi connectivity index (χ0v) is 11.7. The fraction of sp³-hybridized carbons (Fsp3) is 0.286. The number of ether oxygens (including phenoxy) is 1. The van der Waals surface area contributed by atoms with Crippen LogP contribution in [-0.2, 0) is 12.8 Å². The number of halogens is 1. The van der Waals surface area contributed by atoms with Gasteiger partial charge in [-0.3, -0.25) is 0 Å².